The van der Waals surface area contributed by atoms with Crippen molar-refractivity contribution in [3.8, 4) is 0 Å². The van der Waals surface area contributed by atoms with E-state index in [1.165, 1.54) is 30.6 Å². The zero-order valence-corrected chi connectivity index (χ0v) is 24.4. The van der Waals surface area contributed by atoms with Crippen LogP contribution in [0.15, 0.2) is 46.6 Å². The molecule has 2 aromatic heterocycles. The molecule has 1 saturated heterocycles. The maximum Gasteiger partial charge on any atom is 0.280 e. The summed E-state index contributed by atoms with van der Waals surface area (Å²) in [5.74, 6) is -0.580. The molecule has 1 fully saturated rings. The third-order valence-corrected chi connectivity index (χ3v) is 8.94. The van der Waals surface area contributed by atoms with E-state index < -0.39 is 15.7 Å². The number of likely N-dealkylation sites (N-methyl/N-ethyl adjacent to an activating group) is 2. The summed E-state index contributed by atoms with van der Waals surface area (Å²) in [5, 5.41) is 10.5. The lowest BCUT2D eigenvalue weighted by Crippen LogP contribution is -2.27. The van der Waals surface area contributed by atoms with Crippen LogP contribution in [0.2, 0.25) is 0 Å². The lowest BCUT2D eigenvalue weighted by molar-refractivity contribution is -0.110. The van der Waals surface area contributed by atoms with E-state index in [1.807, 2.05) is 20.2 Å². The van der Waals surface area contributed by atoms with Gasteiger partial charge in [0.15, 0.2) is 26.8 Å². The van der Waals surface area contributed by atoms with Gasteiger partial charge in [0.25, 0.3) is 5.91 Å². The Bertz CT molecular complexity index is 1420. The highest BCUT2D eigenvalue weighted by Crippen LogP contribution is 2.31. The number of thiazole rings is 1. The quantitative estimate of drug-likeness (QED) is 0.163. The molecule has 2 N–H and O–H groups in total. The van der Waals surface area contributed by atoms with E-state index in [0.29, 0.717) is 53.7 Å². The average Bonchev–Trinajstić information content (AvgIpc) is 3.61. The summed E-state index contributed by atoms with van der Waals surface area (Å²) in [6.07, 6.45) is 2.49. The summed E-state index contributed by atoms with van der Waals surface area (Å²) < 4.78 is 35.6. The summed E-state index contributed by atoms with van der Waals surface area (Å²) in [6, 6.07) is 7.91. The second-order valence-corrected chi connectivity index (χ2v) is 12.3. The molecule has 0 radical (unpaired) electrons. The predicted molar refractivity (Wildman–Crippen MR) is 155 cm³/mol. The molecular weight excluding hydrogens is 556 g/mol. The summed E-state index contributed by atoms with van der Waals surface area (Å²) in [4.78, 5) is 31.0. The van der Waals surface area contributed by atoms with E-state index in [0.717, 1.165) is 18.8 Å². The minimum atomic E-state index is -3.49. The molecular formula is C26H34N6O6S2. The second kappa shape index (κ2) is 13.9. The number of rotatable bonds is 14. The lowest BCUT2D eigenvalue weighted by atomic mass is 10.1. The lowest BCUT2D eigenvalue weighted by Gasteiger charge is -2.18. The van der Waals surface area contributed by atoms with E-state index in [9.17, 15) is 13.2 Å². The van der Waals surface area contributed by atoms with Gasteiger partial charge in [0, 0.05) is 52.0 Å². The summed E-state index contributed by atoms with van der Waals surface area (Å²) in [7, 11) is 1.90. The van der Waals surface area contributed by atoms with Crippen LogP contribution in [0.1, 0.15) is 18.4 Å². The fraction of sp³-hybridized carbons (Fsp3) is 0.462. The molecule has 4 rings (SSSR count). The highest BCUT2D eigenvalue weighted by Gasteiger charge is 2.23. The van der Waals surface area contributed by atoms with Gasteiger partial charge in [0.05, 0.1) is 29.5 Å². The Morgan fingerprint density at radius 1 is 1.27 bits per heavy atom. The first-order valence-corrected chi connectivity index (χ1v) is 15.4. The van der Waals surface area contributed by atoms with Crippen LogP contribution in [0.3, 0.4) is 0 Å². The summed E-state index contributed by atoms with van der Waals surface area (Å²) in [5.41, 5.74) is 1.98. The molecule has 14 heteroatoms. The predicted octanol–water partition coefficient (Wildman–Crippen LogP) is 2.31. The molecule has 1 aromatic carbocycles. The zero-order chi connectivity index (χ0) is 28.5. The Labute approximate surface area is 237 Å². The Morgan fingerprint density at radius 3 is 2.77 bits per heavy atom. The minimum Gasteiger partial charge on any atom is -0.389 e. The molecule has 1 amide bonds. The maximum absolute atomic E-state index is 13.5. The van der Waals surface area contributed by atoms with Gasteiger partial charge in [0.1, 0.15) is 10.3 Å². The fourth-order valence-electron chi connectivity index (χ4n) is 4.02. The number of fused-ring (bicyclic) bond motifs is 1. The molecule has 1 atom stereocenters. The van der Waals surface area contributed by atoms with Crippen molar-refractivity contribution in [2.75, 3.05) is 70.1 Å². The van der Waals surface area contributed by atoms with Crippen LogP contribution in [-0.4, -0.2) is 96.0 Å². The number of nitrogens with one attached hydrogen (secondary N) is 2. The van der Waals surface area contributed by atoms with E-state index in [1.54, 1.807) is 18.3 Å². The van der Waals surface area contributed by atoms with Crippen molar-refractivity contribution < 1.29 is 27.5 Å². The molecule has 12 nitrogen and oxygen atoms in total. The first kappa shape index (κ1) is 29.8. The Balaban J connectivity index is 1.57. The van der Waals surface area contributed by atoms with Gasteiger partial charge in [-0.05, 0) is 31.7 Å². The topological polar surface area (TPSA) is 144 Å². The zero-order valence-electron chi connectivity index (χ0n) is 22.8. The van der Waals surface area contributed by atoms with Gasteiger partial charge in [-0.2, -0.15) is 0 Å². The molecule has 0 spiro atoms. The normalized spacial score (nSPS) is 15.9. The number of anilines is 2. The van der Waals surface area contributed by atoms with Crippen LogP contribution < -0.4 is 15.5 Å². The highest BCUT2D eigenvalue weighted by molar-refractivity contribution is 7.91. The smallest absolute Gasteiger partial charge is 0.280 e. The van der Waals surface area contributed by atoms with Crippen LogP contribution in [-0.2, 0) is 28.9 Å². The number of hydrogen-bond acceptors (Lipinski definition) is 12. The maximum atomic E-state index is 13.5. The van der Waals surface area contributed by atoms with Crippen molar-refractivity contribution >= 4 is 54.0 Å². The fourth-order valence-corrected chi connectivity index (χ4v) is 6.13. The molecule has 1 aliphatic heterocycles. The number of ether oxygens (including phenoxy) is 2. The summed E-state index contributed by atoms with van der Waals surface area (Å²) in [6.45, 7) is 2.86. The molecule has 0 unspecified atom stereocenters. The SMILES string of the molecule is CNCCN(C)c1ccnc2sc(NC(=O)/C(=N/O[C@@H]3CCOC3)c3ccc(S(=O)(=O)CCCOC)cc3)nc12. The van der Waals surface area contributed by atoms with E-state index in [4.69, 9.17) is 14.3 Å². The van der Waals surface area contributed by atoms with Crippen molar-refractivity contribution in [3.63, 3.8) is 0 Å². The average molecular weight is 591 g/mol. The molecule has 216 valence electrons. The van der Waals surface area contributed by atoms with Crippen LogP contribution in [0, 0.1) is 0 Å². The van der Waals surface area contributed by atoms with Crippen molar-refractivity contribution in [1.82, 2.24) is 15.3 Å². The number of benzene rings is 1. The highest BCUT2D eigenvalue weighted by atomic mass is 32.2. The van der Waals surface area contributed by atoms with Gasteiger partial charge in [-0.1, -0.05) is 28.6 Å². The number of methoxy groups -OCH3 is 1. The number of oxime groups is 1. The van der Waals surface area contributed by atoms with Gasteiger partial charge < -0.3 is 24.5 Å². The Morgan fingerprint density at radius 2 is 2.08 bits per heavy atom. The van der Waals surface area contributed by atoms with Gasteiger partial charge in [0.2, 0.25) is 0 Å². The van der Waals surface area contributed by atoms with Crippen LogP contribution >= 0.6 is 11.3 Å². The first-order valence-electron chi connectivity index (χ1n) is 12.9. The minimum absolute atomic E-state index is 0.00573. The molecule has 1 aliphatic rings. The van der Waals surface area contributed by atoms with Gasteiger partial charge in [-0.25, -0.2) is 18.4 Å². The van der Waals surface area contributed by atoms with E-state index in [2.05, 4.69) is 30.7 Å². The van der Waals surface area contributed by atoms with Crippen LogP contribution in [0.5, 0.6) is 0 Å². The van der Waals surface area contributed by atoms with Crippen molar-refractivity contribution in [1.29, 1.82) is 0 Å². The number of carbonyl (C=O) groups is 1. The molecule has 3 heterocycles. The molecule has 3 aromatic rings. The van der Waals surface area contributed by atoms with Crippen molar-refractivity contribution in [3.05, 3.63) is 42.1 Å². The van der Waals surface area contributed by atoms with Crippen LogP contribution in [0.4, 0.5) is 10.8 Å². The van der Waals surface area contributed by atoms with Crippen LogP contribution in [0.25, 0.3) is 10.3 Å². The van der Waals surface area contributed by atoms with Gasteiger partial charge >= 0.3 is 0 Å². The summed E-state index contributed by atoms with van der Waals surface area (Å²) >= 11 is 1.25. The number of aromatic nitrogens is 2. The number of carbonyl (C=O) groups excluding carboxylic acids is 1. The Kier molecular flexibility index (Phi) is 10.4. The number of pyridine rings is 1. The standard InChI is InChI=1S/C26H34N6O6S2/c1-27-12-13-32(2)21-9-11-28-25-23(21)29-26(39-25)30-24(33)22(31-38-19-10-15-37-17-19)18-5-7-20(8-6-18)40(34,35)16-4-14-36-3/h5-9,11,19,27H,4,10,12-17H2,1-3H3,(H,29,30,33)/b31-22+/t19-/m1/s1. The third-order valence-electron chi connectivity index (χ3n) is 6.25. The number of amides is 1. The number of hydrogen-bond donors (Lipinski definition) is 2. The van der Waals surface area contributed by atoms with Crippen molar-refractivity contribution in [2.45, 2.75) is 23.8 Å². The second-order valence-electron chi connectivity index (χ2n) is 9.20. The monoisotopic (exact) mass is 590 g/mol. The number of sulfone groups is 1. The van der Waals surface area contributed by atoms with Crippen molar-refractivity contribution in [2.24, 2.45) is 5.16 Å². The first-order chi connectivity index (χ1) is 19.3. The van der Waals surface area contributed by atoms with E-state index >= 15 is 0 Å². The Hall–Kier alpha value is -3.17. The molecule has 0 saturated carbocycles. The third kappa shape index (κ3) is 7.52. The van der Waals surface area contributed by atoms with Gasteiger partial charge in [-0.3, -0.25) is 10.1 Å². The molecule has 40 heavy (non-hydrogen) atoms. The molecule has 0 aliphatic carbocycles. The molecule has 0 bridgehead atoms. The van der Waals surface area contributed by atoms with E-state index in [-0.39, 0.29) is 22.5 Å². The van der Waals surface area contributed by atoms with Gasteiger partial charge in [-0.15, -0.1) is 0 Å². The largest absolute Gasteiger partial charge is 0.389 e. The number of nitrogens with zero attached hydrogens (tertiary/aromatic N) is 4.